The number of phenolic OH excluding ortho intramolecular Hbond substituents is 1. The number of aromatic hydroxyl groups is 1. The van der Waals surface area contributed by atoms with E-state index < -0.39 is 0 Å². The minimum Gasteiger partial charge on any atom is -0.508 e. The highest BCUT2D eigenvalue weighted by atomic mass is 16.3. The van der Waals surface area contributed by atoms with Crippen LogP contribution in [0.1, 0.15) is 22.5 Å². The lowest BCUT2D eigenvalue weighted by Gasteiger charge is -2.12. The largest absolute Gasteiger partial charge is 0.508 e. The molecule has 2 N–H and O–H groups in total. The summed E-state index contributed by atoms with van der Waals surface area (Å²) >= 11 is 0. The number of aromatic nitrogens is 2. The van der Waals surface area contributed by atoms with E-state index in [2.05, 4.69) is 14.7 Å². The molecular formula is C17H19N3O. The molecule has 2 aromatic heterocycles. The predicted molar refractivity (Wildman–Crippen MR) is 84.8 cm³/mol. The normalized spacial score (nSPS) is 11.0. The summed E-state index contributed by atoms with van der Waals surface area (Å²) in [5.41, 5.74) is 6.08. The van der Waals surface area contributed by atoms with E-state index in [0.29, 0.717) is 12.3 Å². The van der Waals surface area contributed by atoms with Crippen LogP contribution in [0.2, 0.25) is 0 Å². The summed E-state index contributed by atoms with van der Waals surface area (Å²) in [6.07, 6.45) is 2.03. The summed E-state index contributed by atoms with van der Waals surface area (Å²) in [5, 5.41) is 13.2. The fraction of sp³-hybridized carbons (Fsp3) is 0.235. The molecule has 0 aliphatic rings. The Morgan fingerprint density at radius 3 is 2.76 bits per heavy atom. The molecule has 1 aromatic carbocycles. The van der Waals surface area contributed by atoms with E-state index in [0.717, 1.165) is 33.8 Å². The highest BCUT2D eigenvalue weighted by molar-refractivity contribution is 5.57. The first kappa shape index (κ1) is 13.5. The van der Waals surface area contributed by atoms with Gasteiger partial charge in [0, 0.05) is 11.9 Å². The molecule has 21 heavy (non-hydrogen) atoms. The number of imidazole rings is 1. The van der Waals surface area contributed by atoms with Gasteiger partial charge in [0.25, 0.3) is 0 Å². The summed E-state index contributed by atoms with van der Waals surface area (Å²) < 4.78 is 2.10. The van der Waals surface area contributed by atoms with E-state index in [9.17, 15) is 5.11 Å². The SMILES string of the molecule is Cc1cc(NCc2c(C)nc3ccccn23)c(C)cc1O. The molecule has 3 rings (SSSR count). The van der Waals surface area contributed by atoms with Gasteiger partial charge in [0.2, 0.25) is 0 Å². The highest BCUT2D eigenvalue weighted by Crippen LogP contribution is 2.25. The lowest BCUT2D eigenvalue weighted by atomic mass is 10.1. The minimum atomic E-state index is 0.337. The van der Waals surface area contributed by atoms with Crippen molar-refractivity contribution in [1.29, 1.82) is 0 Å². The molecule has 0 fully saturated rings. The molecule has 3 aromatic rings. The zero-order valence-electron chi connectivity index (χ0n) is 12.5. The van der Waals surface area contributed by atoms with Crippen LogP contribution in [0.15, 0.2) is 36.5 Å². The van der Waals surface area contributed by atoms with Gasteiger partial charge in [-0.05, 0) is 56.2 Å². The minimum absolute atomic E-state index is 0.337. The third-order valence-electron chi connectivity index (χ3n) is 3.82. The van der Waals surface area contributed by atoms with Crippen molar-refractivity contribution < 1.29 is 5.11 Å². The van der Waals surface area contributed by atoms with Crippen LogP contribution < -0.4 is 5.32 Å². The van der Waals surface area contributed by atoms with Gasteiger partial charge >= 0.3 is 0 Å². The molecule has 2 heterocycles. The van der Waals surface area contributed by atoms with Gasteiger partial charge in [-0.2, -0.15) is 0 Å². The van der Waals surface area contributed by atoms with Crippen molar-refractivity contribution in [3.05, 3.63) is 59.0 Å². The number of pyridine rings is 1. The Morgan fingerprint density at radius 2 is 1.95 bits per heavy atom. The molecule has 0 saturated heterocycles. The predicted octanol–water partition coefficient (Wildman–Crippen LogP) is 3.58. The molecule has 0 spiro atoms. The van der Waals surface area contributed by atoms with Crippen LogP contribution in [0.5, 0.6) is 5.75 Å². The number of anilines is 1. The second-order valence-electron chi connectivity index (χ2n) is 5.38. The number of benzene rings is 1. The molecule has 0 atom stereocenters. The lowest BCUT2D eigenvalue weighted by Crippen LogP contribution is -2.05. The highest BCUT2D eigenvalue weighted by Gasteiger charge is 2.09. The van der Waals surface area contributed by atoms with Crippen LogP contribution in [0.3, 0.4) is 0 Å². The maximum absolute atomic E-state index is 9.72. The van der Waals surface area contributed by atoms with Crippen LogP contribution in [0.4, 0.5) is 5.69 Å². The summed E-state index contributed by atoms with van der Waals surface area (Å²) in [7, 11) is 0. The molecule has 0 radical (unpaired) electrons. The maximum Gasteiger partial charge on any atom is 0.137 e. The number of rotatable bonds is 3. The molecule has 4 nitrogen and oxygen atoms in total. The number of phenols is 1. The van der Waals surface area contributed by atoms with Crippen LogP contribution in [0.25, 0.3) is 5.65 Å². The Labute approximate surface area is 124 Å². The second kappa shape index (κ2) is 5.13. The van der Waals surface area contributed by atoms with E-state index in [-0.39, 0.29) is 0 Å². The number of fused-ring (bicyclic) bond motifs is 1. The van der Waals surface area contributed by atoms with E-state index in [4.69, 9.17) is 0 Å². The molecule has 4 heteroatoms. The Kier molecular flexibility index (Phi) is 3.29. The van der Waals surface area contributed by atoms with E-state index in [1.54, 1.807) is 6.07 Å². The molecule has 0 amide bonds. The quantitative estimate of drug-likeness (QED) is 0.721. The first-order chi connectivity index (χ1) is 10.1. The smallest absolute Gasteiger partial charge is 0.137 e. The van der Waals surface area contributed by atoms with Crippen LogP contribution in [-0.2, 0) is 6.54 Å². The van der Waals surface area contributed by atoms with Gasteiger partial charge < -0.3 is 14.8 Å². The fourth-order valence-corrected chi connectivity index (χ4v) is 2.55. The molecular weight excluding hydrogens is 262 g/mol. The molecule has 0 saturated carbocycles. The Bertz CT molecular complexity index is 805. The topological polar surface area (TPSA) is 49.6 Å². The molecule has 108 valence electrons. The molecule has 0 aliphatic heterocycles. The third kappa shape index (κ3) is 2.44. The number of hydrogen-bond donors (Lipinski definition) is 2. The van der Waals surface area contributed by atoms with E-state index in [1.807, 2.05) is 51.2 Å². The number of hydrogen-bond acceptors (Lipinski definition) is 3. The average Bonchev–Trinajstić information content (AvgIpc) is 2.77. The van der Waals surface area contributed by atoms with E-state index in [1.165, 1.54) is 0 Å². The first-order valence-corrected chi connectivity index (χ1v) is 7.03. The summed E-state index contributed by atoms with van der Waals surface area (Å²) in [6.45, 7) is 6.61. The van der Waals surface area contributed by atoms with Crippen molar-refractivity contribution in [2.75, 3.05) is 5.32 Å². The van der Waals surface area contributed by atoms with Gasteiger partial charge in [-0.15, -0.1) is 0 Å². The average molecular weight is 281 g/mol. The van der Waals surface area contributed by atoms with Gasteiger partial charge in [0.1, 0.15) is 11.4 Å². The van der Waals surface area contributed by atoms with Gasteiger partial charge in [-0.3, -0.25) is 0 Å². The maximum atomic E-state index is 9.72. The number of aryl methyl sites for hydroxylation is 3. The zero-order chi connectivity index (χ0) is 15.0. The van der Waals surface area contributed by atoms with Crippen molar-refractivity contribution in [1.82, 2.24) is 9.38 Å². The van der Waals surface area contributed by atoms with Crippen LogP contribution in [-0.4, -0.2) is 14.5 Å². The standard InChI is InChI=1S/C17H19N3O/c1-11-9-16(21)12(2)8-14(11)18-10-15-13(3)19-17-6-4-5-7-20(15)17/h4-9,18,21H,10H2,1-3H3. The van der Waals surface area contributed by atoms with Crippen LogP contribution in [0, 0.1) is 20.8 Å². The third-order valence-corrected chi connectivity index (χ3v) is 3.82. The second-order valence-corrected chi connectivity index (χ2v) is 5.38. The monoisotopic (exact) mass is 281 g/mol. The number of nitrogens with zero attached hydrogens (tertiary/aromatic N) is 2. The Balaban J connectivity index is 1.90. The Morgan fingerprint density at radius 1 is 1.14 bits per heavy atom. The Hall–Kier alpha value is -2.49. The summed E-state index contributed by atoms with van der Waals surface area (Å²) in [6, 6.07) is 9.77. The van der Waals surface area contributed by atoms with Crippen molar-refractivity contribution >= 4 is 11.3 Å². The summed E-state index contributed by atoms with van der Waals surface area (Å²) in [5.74, 6) is 0.337. The van der Waals surface area contributed by atoms with Crippen molar-refractivity contribution in [2.45, 2.75) is 27.3 Å². The molecule has 0 aliphatic carbocycles. The number of nitrogens with one attached hydrogen (secondary N) is 1. The van der Waals surface area contributed by atoms with Crippen LogP contribution >= 0.6 is 0 Å². The van der Waals surface area contributed by atoms with Gasteiger partial charge in [-0.1, -0.05) is 6.07 Å². The molecule has 0 bridgehead atoms. The van der Waals surface area contributed by atoms with E-state index >= 15 is 0 Å². The zero-order valence-corrected chi connectivity index (χ0v) is 12.5. The van der Waals surface area contributed by atoms with Gasteiger partial charge in [0.15, 0.2) is 0 Å². The van der Waals surface area contributed by atoms with Crippen molar-refractivity contribution in [3.63, 3.8) is 0 Å². The van der Waals surface area contributed by atoms with Gasteiger partial charge in [0.05, 0.1) is 17.9 Å². The molecule has 0 unspecified atom stereocenters. The lowest BCUT2D eigenvalue weighted by molar-refractivity contribution is 0.471. The summed E-state index contributed by atoms with van der Waals surface area (Å²) in [4.78, 5) is 4.56. The van der Waals surface area contributed by atoms with Gasteiger partial charge in [-0.25, -0.2) is 4.98 Å². The van der Waals surface area contributed by atoms with Crippen molar-refractivity contribution in [2.24, 2.45) is 0 Å². The first-order valence-electron chi connectivity index (χ1n) is 7.03. The van der Waals surface area contributed by atoms with Crippen molar-refractivity contribution in [3.8, 4) is 5.75 Å². The fourth-order valence-electron chi connectivity index (χ4n) is 2.55.